The topological polar surface area (TPSA) is 58.3 Å². The van der Waals surface area contributed by atoms with Crippen molar-refractivity contribution in [3.8, 4) is 0 Å². The highest BCUT2D eigenvalue weighted by Gasteiger charge is 2.08. The third-order valence-electron chi connectivity index (χ3n) is 3.28. The summed E-state index contributed by atoms with van der Waals surface area (Å²) < 4.78 is 2.01. The van der Waals surface area contributed by atoms with Crippen LogP contribution in [0.25, 0.3) is 0 Å². The van der Waals surface area contributed by atoms with Gasteiger partial charge in [0.25, 0.3) is 0 Å². The molecule has 0 amide bonds. The van der Waals surface area contributed by atoms with Crippen LogP contribution in [0.2, 0.25) is 0 Å². The first-order valence-corrected chi connectivity index (χ1v) is 7.07. The fourth-order valence-corrected chi connectivity index (χ4v) is 2.15. The summed E-state index contributed by atoms with van der Waals surface area (Å²) in [5.41, 5.74) is 1.25. The highest BCUT2D eigenvalue weighted by molar-refractivity contribution is 14.0. The minimum atomic E-state index is 0. The van der Waals surface area contributed by atoms with E-state index in [2.05, 4.69) is 44.5 Å². The van der Waals surface area contributed by atoms with Gasteiger partial charge in [-0.15, -0.1) is 34.2 Å². The minimum absolute atomic E-state index is 0. The fraction of sp³-hybridized carbons (Fsp3) is 0.400. The van der Waals surface area contributed by atoms with Crippen molar-refractivity contribution in [2.45, 2.75) is 26.6 Å². The molecular formula is C15H23IN6. The Balaban J connectivity index is 0.00000242. The van der Waals surface area contributed by atoms with Crippen molar-refractivity contribution in [2.75, 3.05) is 14.1 Å². The monoisotopic (exact) mass is 414 g/mol. The minimum Gasteiger partial charge on any atom is -0.349 e. The lowest BCUT2D eigenvalue weighted by Crippen LogP contribution is -2.38. The molecule has 0 atom stereocenters. The Morgan fingerprint density at radius 1 is 1.32 bits per heavy atom. The lowest BCUT2D eigenvalue weighted by molar-refractivity contribution is 0.474. The van der Waals surface area contributed by atoms with Crippen LogP contribution in [0.5, 0.6) is 0 Å². The predicted molar refractivity (Wildman–Crippen MR) is 99.2 cm³/mol. The number of guanidine groups is 1. The van der Waals surface area contributed by atoms with E-state index in [1.807, 2.05) is 29.8 Å². The third kappa shape index (κ3) is 4.97. The normalized spacial score (nSPS) is 11.0. The molecule has 1 aromatic heterocycles. The van der Waals surface area contributed by atoms with Gasteiger partial charge in [0.15, 0.2) is 11.8 Å². The van der Waals surface area contributed by atoms with Crippen molar-refractivity contribution >= 4 is 29.9 Å². The first-order chi connectivity index (χ1) is 10.2. The Kier molecular flexibility index (Phi) is 7.86. The Labute approximate surface area is 148 Å². The Bertz CT molecular complexity index is 581. The predicted octanol–water partition coefficient (Wildman–Crippen LogP) is 2.12. The summed E-state index contributed by atoms with van der Waals surface area (Å²) in [4.78, 5) is 6.40. The average Bonchev–Trinajstić information content (AvgIpc) is 2.96. The Hall–Kier alpha value is -1.64. The molecule has 0 aliphatic heterocycles. The summed E-state index contributed by atoms with van der Waals surface area (Å²) in [5.74, 6) is 1.75. The molecule has 0 bridgehead atoms. The molecule has 1 aromatic carbocycles. The second-order valence-corrected chi connectivity index (χ2v) is 4.78. The number of nitrogens with zero attached hydrogens (tertiary/aromatic N) is 5. The van der Waals surface area contributed by atoms with Gasteiger partial charge < -0.3 is 14.8 Å². The standard InChI is InChI=1S/C15H22N6.HI/c1-4-21-12-18-19-14(21)10-17-15(16-2)20(3)11-13-8-6-5-7-9-13;/h5-9,12H,4,10-11H2,1-3H3,(H,16,17);1H. The van der Waals surface area contributed by atoms with Crippen LogP contribution in [0.3, 0.4) is 0 Å². The summed E-state index contributed by atoms with van der Waals surface area (Å²) in [6.45, 7) is 4.35. The zero-order valence-electron chi connectivity index (χ0n) is 13.2. The van der Waals surface area contributed by atoms with Crippen molar-refractivity contribution in [3.63, 3.8) is 0 Å². The number of benzene rings is 1. The average molecular weight is 414 g/mol. The lowest BCUT2D eigenvalue weighted by atomic mass is 10.2. The molecule has 1 heterocycles. The third-order valence-corrected chi connectivity index (χ3v) is 3.28. The van der Waals surface area contributed by atoms with Gasteiger partial charge >= 0.3 is 0 Å². The van der Waals surface area contributed by atoms with Crippen molar-refractivity contribution in [1.29, 1.82) is 0 Å². The number of nitrogens with one attached hydrogen (secondary N) is 1. The Morgan fingerprint density at radius 2 is 2.05 bits per heavy atom. The van der Waals surface area contributed by atoms with Crippen LogP contribution >= 0.6 is 24.0 Å². The first-order valence-electron chi connectivity index (χ1n) is 7.07. The molecule has 0 saturated heterocycles. The molecule has 2 aromatic rings. The fourth-order valence-electron chi connectivity index (χ4n) is 2.15. The maximum absolute atomic E-state index is 4.31. The molecule has 2 rings (SSSR count). The second-order valence-electron chi connectivity index (χ2n) is 4.78. The maximum Gasteiger partial charge on any atom is 0.194 e. The van der Waals surface area contributed by atoms with E-state index in [1.165, 1.54) is 5.56 Å². The summed E-state index contributed by atoms with van der Waals surface area (Å²) in [6.07, 6.45) is 1.74. The molecule has 0 unspecified atom stereocenters. The van der Waals surface area contributed by atoms with Gasteiger partial charge in [-0.25, -0.2) is 0 Å². The quantitative estimate of drug-likeness (QED) is 0.463. The zero-order valence-corrected chi connectivity index (χ0v) is 15.6. The largest absolute Gasteiger partial charge is 0.349 e. The first kappa shape index (κ1) is 18.4. The van der Waals surface area contributed by atoms with Crippen LogP contribution in [0.4, 0.5) is 0 Å². The smallest absolute Gasteiger partial charge is 0.194 e. The summed E-state index contributed by atoms with van der Waals surface area (Å²) in [6, 6.07) is 10.3. The van der Waals surface area contributed by atoms with Crippen LogP contribution in [0.1, 0.15) is 18.3 Å². The van der Waals surface area contributed by atoms with Gasteiger partial charge in [0.2, 0.25) is 0 Å². The lowest BCUT2D eigenvalue weighted by Gasteiger charge is -2.22. The molecule has 0 aliphatic rings. The maximum atomic E-state index is 4.31. The van der Waals surface area contributed by atoms with Gasteiger partial charge in [0.05, 0.1) is 6.54 Å². The number of aliphatic imine (C=N–C) groups is 1. The van der Waals surface area contributed by atoms with E-state index < -0.39 is 0 Å². The van der Waals surface area contributed by atoms with Crippen LogP contribution in [0.15, 0.2) is 41.7 Å². The van der Waals surface area contributed by atoms with E-state index in [9.17, 15) is 0 Å². The molecule has 7 heteroatoms. The SMILES string of the molecule is CCn1cnnc1CNC(=NC)N(C)Cc1ccccc1.I. The van der Waals surface area contributed by atoms with Crippen LogP contribution in [-0.4, -0.2) is 39.7 Å². The number of rotatable bonds is 5. The number of hydrogen-bond donors (Lipinski definition) is 1. The van der Waals surface area contributed by atoms with Gasteiger partial charge in [0, 0.05) is 27.2 Å². The zero-order chi connectivity index (χ0) is 15.1. The van der Waals surface area contributed by atoms with Gasteiger partial charge in [-0.3, -0.25) is 4.99 Å². The van der Waals surface area contributed by atoms with Gasteiger partial charge in [-0.05, 0) is 12.5 Å². The molecule has 1 N–H and O–H groups in total. The highest BCUT2D eigenvalue weighted by Crippen LogP contribution is 2.03. The van der Waals surface area contributed by atoms with Crippen LogP contribution in [0, 0.1) is 0 Å². The van der Waals surface area contributed by atoms with Gasteiger partial charge in [0.1, 0.15) is 6.33 Å². The van der Waals surface area contributed by atoms with E-state index >= 15 is 0 Å². The Morgan fingerprint density at radius 3 is 2.68 bits per heavy atom. The molecule has 6 nitrogen and oxygen atoms in total. The molecular weight excluding hydrogens is 391 g/mol. The number of halogens is 1. The van der Waals surface area contributed by atoms with E-state index in [-0.39, 0.29) is 24.0 Å². The van der Waals surface area contributed by atoms with Crippen molar-refractivity contribution in [3.05, 3.63) is 48.0 Å². The molecule has 0 radical (unpaired) electrons. The van der Waals surface area contributed by atoms with Crippen molar-refractivity contribution < 1.29 is 0 Å². The number of hydrogen-bond acceptors (Lipinski definition) is 3. The van der Waals surface area contributed by atoms with Crippen LogP contribution < -0.4 is 5.32 Å². The molecule has 22 heavy (non-hydrogen) atoms. The number of aromatic nitrogens is 3. The summed E-state index contributed by atoms with van der Waals surface area (Å²) >= 11 is 0. The molecule has 0 aliphatic carbocycles. The highest BCUT2D eigenvalue weighted by atomic mass is 127. The molecule has 0 saturated carbocycles. The van der Waals surface area contributed by atoms with Gasteiger partial charge in [-0.2, -0.15) is 0 Å². The summed E-state index contributed by atoms with van der Waals surface area (Å²) in [5, 5.41) is 11.4. The number of aryl methyl sites for hydroxylation is 1. The van der Waals surface area contributed by atoms with E-state index in [4.69, 9.17) is 0 Å². The second kappa shape index (κ2) is 9.39. The molecule has 120 valence electrons. The van der Waals surface area contributed by atoms with E-state index in [0.29, 0.717) is 6.54 Å². The molecule has 0 fully saturated rings. The van der Waals surface area contributed by atoms with E-state index in [1.54, 1.807) is 13.4 Å². The van der Waals surface area contributed by atoms with Gasteiger partial charge in [-0.1, -0.05) is 30.3 Å². The molecule has 0 spiro atoms. The van der Waals surface area contributed by atoms with Crippen molar-refractivity contribution in [2.24, 2.45) is 4.99 Å². The van der Waals surface area contributed by atoms with E-state index in [0.717, 1.165) is 24.9 Å². The summed E-state index contributed by atoms with van der Waals surface area (Å²) in [7, 11) is 3.81. The van der Waals surface area contributed by atoms with Crippen LogP contribution in [-0.2, 0) is 19.6 Å². The van der Waals surface area contributed by atoms with Crippen molar-refractivity contribution in [1.82, 2.24) is 25.0 Å².